The summed E-state index contributed by atoms with van der Waals surface area (Å²) in [5.41, 5.74) is 7.85. The van der Waals surface area contributed by atoms with Gasteiger partial charge in [0.2, 0.25) is 0 Å². The summed E-state index contributed by atoms with van der Waals surface area (Å²) in [7, 11) is 0. The Morgan fingerprint density at radius 2 is 2.31 bits per heavy atom. The molecule has 0 bridgehead atoms. The summed E-state index contributed by atoms with van der Waals surface area (Å²) in [6.07, 6.45) is 6.70. The molecule has 2 aliphatic rings. The average molecular weight is 253 g/mol. The van der Waals surface area contributed by atoms with Gasteiger partial charge in [-0.05, 0) is 42.6 Å². The van der Waals surface area contributed by atoms with E-state index in [1.165, 1.54) is 48.5 Å². The molecule has 0 aromatic carbocycles. The van der Waals surface area contributed by atoms with Crippen molar-refractivity contribution < 1.29 is 0 Å². The highest BCUT2D eigenvalue weighted by Crippen LogP contribution is 2.38. The molecule has 1 aromatic heterocycles. The fourth-order valence-corrected chi connectivity index (χ4v) is 4.73. The van der Waals surface area contributed by atoms with Crippen molar-refractivity contribution in [2.45, 2.75) is 43.9 Å². The van der Waals surface area contributed by atoms with Gasteiger partial charge in [0.25, 0.3) is 0 Å². The summed E-state index contributed by atoms with van der Waals surface area (Å²) in [5.74, 6) is 3.52. The Labute approximate surface area is 106 Å². The van der Waals surface area contributed by atoms with Crippen molar-refractivity contribution in [1.82, 2.24) is 0 Å². The number of aryl methyl sites for hydroxylation is 1. The molecule has 1 atom stereocenters. The lowest BCUT2D eigenvalue weighted by Crippen LogP contribution is -2.08. The van der Waals surface area contributed by atoms with Crippen LogP contribution in [0.4, 0.5) is 0 Å². The van der Waals surface area contributed by atoms with Gasteiger partial charge in [-0.1, -0.05) is 12.8 Å². The third-order valence-corrected chi connectivity index (χ3v) is 5.97. The molecular formula is C13H19NS2. The molecule has 0 spiro atoms. The van der Waals surface area contributed by atoms with E-state index >= 15 is 0 Å². The van der Waals surface area contributed by atoms with Gasteiger partial charge in [0.15, 0.2) is 0 Å². The van der Waals surface area contributed by atoms with Crippen molar-refractivity contribution in [2.75, 3.05) is 5.75 Å². The Morgan fingerprint density at radius 1 is 1.44 bits per heavy atom. The van der Waals surface area contributed by atoms with Crippen LogP contribution in [0.5, 0.6) is 0 Å². The Bertz CT molecular complexity index is 345. The summed E-state index contributed by atoms with van der Waals surface area (Å²) >= 11 is 4.03. The van der Waals surface area contributed by atoms with Crippen molar-refractivity contribution in [1.29, 1.82) is 0 Å². The SMILES string of the molecule is NC(CCC1CC1)c1cc2c(s1)CCSC2. The maximum absolute atomic E-state index is 6.29. The predicted octanol–water partition coefficient (Wildman–Crippen LogP) is 3.73. The van der Waals surface area contributed by atoms with Gasteiger partial charge in [-0.2, -0.15) is 11.8 Å². The number of rotatable bonds is 4. The standard InChI is InChI=1S/C13H19NS2/c14-11(4-3-9-1-2-9)13-7-10-8-15-6-5-12(10)16-13/h7,9,11H,1-6,8,14H2. The summed E-state index contributed by atoms with van der Waals surface area (Å²) in [5, 5.41) is 0. The van der Waals surface area contributed by atoms with Crippen LogP contribution in [-0.2, 0) is 12.2 Å². The van der Waals surface area contributed by atoms with Crippen LogP contribution in [0.1, 0.15) is 47.0 Å². The van der Waals surface area contributed by atoms with Gasteiger partial charge in [-0.25, -0.2) is 0 Å². The van der Waals surface area contributed by atoms with Gasteiger partial charge < -0.3 is 5.73 Å². The third-order valence-electron chi connectivity index (χ3n) is 3.60. The molecule has 1 nitrogen and oxygen atoms in total. The van der Waals surface area contributed by atoms with Crippen LogP contribution >= 0.6 is 23.1 Å². The first-order valence-electron chi connectivity index (χ1n) is 6.28. The minimum atomic E-state index is 0.307. The highest BCUT2D eigenvalue weighted by molar-refractivity contribution is 7.98. The molecular weight excluding hydrogens is 234 g/mol. The van der Waals surface area contributed by atoms with E-state index in [2.05, 4.69) is 17.8 Å². The van der Waals surface area contributed by atoms with E-state index in [-0.39, 0.29) is 0 Å². The fourth-order valence-electron chi connectivity index (χ4n) is 2.32. The number of hydrogen-bond acceptors (Lipinski definition) is 3. The molecule has 16 heavy (non-hydrogen) atoms. The molecule has 2 N–H and O–H groups in total. The topological polar surface area (TPSA) is 26.0 Å². The second kappa shape index (κ2) is 4.71. The molecule has 2 heterocycles. The molecule has 3 rings (SSSR count). The molecule has 1 unspecified atom stereocenters. The first kappa shape index (κ1) is 11.1. The third kappa shape index (κ3) is 2.47. The summed E-state index contributed by atoms with van der Waals surface area (Å²) in [6, 6.07) is 2.69. The van der Waals surface area contributed by atoms with E-state index in [0.717, 1.165) is 5.92 Å². The first-order valence-corrected chi connectivity index (χ1v) is 8.25. The van der Waals surface area contributed by atoms with Gasteiger partial charge in [0, 0.05) is 21.5 Å². The second-order valence-electron chi connectivity index (χ2n) is 5.03. The van der Waals surface area contributed by atoms with E-state index in [4.69, 9.17) is 5.73 Å². The normalized spacial score (nSPS) is 21.8. The number of thioether (sulfide) groups is 1. The molecule has 1 aromatic rings. The van der Waals surface area contributed by atoms with Crippen molar-refractivity contribution in [3.8, 4) is 0 Å². The molecule has 1 aliphatic heterocycles. The van der Waals surface area contributed by atoms with Crippen LogP contribution in [-0.4, -0.2) is 5.75 Å². The number of fused-ring (bicyclic) bond motifs is 1. The van der Waals surface area contributed by atoms with Crippen LogP contribution < -0.4 is 5.73 Å². The lowest BCUT2D eigenvalue weighted by Gasteiger charge is -2.08. The van der Waals surface area contributed by atoms with Crippen LogP contribution in [0.15, 0.2) is 6.07 Å². The number of hydrogen-bond donors (Lipinski definition) is 1. The molecule has 0 amide bonds. The highest BCUT2D eigenvalue weighted by atomic mass is 32.2. The van der Waals surface area contributed by atoms with Crippen LogP contribution in [0.25, 0.3) is 0 Å². The molecule has 0 saturated heterocycles. The summed E-state index contributed by atoms with van der Waals surface area (Å²) in [4.78, 5) is 3.05. The zero-order valence-electron chi connectivity index (χ0n) is 9.58. The minimum Gasteiger partial charge on any atom is -0.323 e. The zero-order chi connectivity index (χ0) is 11.0. The van der Waals surface area contributed by atoms with E-state index < -0.39 is 0 Å². The lowest BCUT2D eigenvalue weighted by molar-refractivity contribution is 0.581. The summed E-state index contributed by atoms with van der Waals surface area (Å²) < 4.78 is 0. The maximum Gasteiger partial charge on any atom is 0.0390 e. The highest BCUT2D eigenvalue weighted by Gasteiger charge is 2.23. The minimum absolute atomic E-state index is 0.307. The van der Waals surface area contributed by atoms with Crippen LogP contribution in [0.3, 0.4) is 0 Å². The first-order chi connectivity index (χ1) is 7.83. The second-order valence-corrected chi connectivity index (χ2v) is 7.30. The molecule has 3 heteroatoms. The van der Waals surface area contributed by atoms with E-state index in [9.17, 15) is 0 Å². The fraction of sp³-hybridized carbons (Fsp3) is 0.692. The van der Waals surface area contributed by atoms with Gasteiger partial charge in [-0.3, -0.25) is 0 Å². The van der Waals surface area contributed by atoms with E-state index in [1.54, 1.807) is 10.4 Å². The Hall–Kier alpha value is 0.01000. The van der Waals surface area contributed by atoms with Crippen LogP contribution in [0.2, 0.25) is 0 Å². The predicted molar refractivity (Wildman–Crippen MR) is 73.1 cm³/mol. The quantitative estimate of drug-likeness (QED) is 0.885. The molecule has 1 aliphatic carbocycles. The Morgan fingerprint density at radius 3 is 3.06 bits per heavy atom. The smallest absolute Gasteiger partial charge is 0.0390 e. The number of nitrogens with two attached hydrogens (primary N) is 1. The Balaban J connectivity index is 1.65. The van der Waals surface area contributed by atoms with E-state index in [1.807, 2.05) is 11.3 Å². The van der Waals surface area contributed by atoms with Crippen molar-refractivity contribution in [2.24, 2.45) is 11.7 Å². The Kier molecular flexibility index (Phi) is 3.27. The van der Waals surface area contributed by atoms with Crippen molar-refractivity contribution in [3.63, 3.8) is 0 Å². The molecule has 1 fully saturated rings. The molecule has 1 saturated carbocycles. The molecule has 88 valence electrons. The lowest BCUT2D eigenvalue weighted by atomic mass is 10.1. The largest absolute Gasteiger partial charge is 0.323 e. The molecule has 0 radical (unpaired) electrons. The van der Waals surface area contributed by atoms with Crippen molar-refractivity contribution in [3.05, 3.63) is 21.4 Å². The van der Waals surface area contributed by atoms with Crippen molar-refractivity contribution >= 4 is 23.1 Å². The van der Waals surface area contributed by atoms with Gasteiger partial charge in [0.05, 0.1) is 0 Å². The maximum atomic E-state index is 6.29. The van der Waals surface area contributed by atoms with E-state index in [0.29, 0.717) is 6.04 Å². The summed E-state index contributed by atoms with van der Waals surface area (Å²) in [6.45, 7) is 0. The van der Waals surface area contributed by atoms with Gasteiger partial charge in [-0.15, -0.1) is 11.3 Å². The van der Waals surface area contributed by atoms with Crippen LogP contribution in [0, 0.1) is 5.92 Å². The monoisotopic (exact) mass is 253 g/mol. The van der Waals surface area contributed by atoms with Gasteiger partial charge in [0.1, 0.15) is 0 Å². The number of thiophene rings is 1. The van der Waals surface area contributed by atoms with Gasteiger partial charge >= 0.3 is 0 Å². The average Bonchev–Trinajstić information content (AvgIpc) is 3.02. The zero-order valence-corrected chi connectivity index (χ0v) is 11.2.